The molecule has 0 aromatic carbocycles. The summed E-state index contributed by atoms with van der Waals surface area (Å²) in [5, 5.41) is 3.48. The van der Waals surface area contributed by atoms with Gasteiger partial charge in [-0.2, -0.15) is 0 Å². The Morgan fingerprint density at radius 2 is 2.39 bits per heavy atom. The highest BCUT2D eigenvalue weighted by molar-refractivity contribution is 14.1. The number of aromatic nitrogens is 2. The molecule has 4 nitrogen and oxygen atoms in total. The monoisotopic (exact) mass is 360 g/mol. The molecule has 1 aliphatic heterocycles. The standard InChI is InChI=1S/C13H21IN4/c1-10(2)18(8-11-4-3-5-15-6-11)13-12(14)7-16-9-17-13/h7,9-11,15H,3-6,8H2,1-2H3. The molecule has 1 atom stereocenters. The molecule has 100 valence electrons. The Hall–Kier alpha value is -0.430. The Labute approximate surface area is 123 Å². The molecule has 1 saturated heterocycles. The summed E-state index contributed by atoms with van der Waals surface area (Å²) in [4.78, 5) is 10.9. The summed E-state index contributed by atoms with van der Waals surface area (Å²) >= 11 is 2.32. The summed E-state index contributed by atoms with van der Waals surface area (Å²) in [6, 6.07) is 0.468. The second kappa shape index (κ2) is 6.65. The van der Waals surface area contributed by atoms with Crippen molar-refractivity contribution in [1.82, 2.24) is 15.3 Å². The third-order valence-corrected chi connectivity index (χ3v) is 4.16. The van der Waals surface area contributed by atoms with Crippen LogP contribution in [0.5, 0.6) is 0 Å². The lowest BCUT2D eigenvalue weighted by Crippen LogP contribution is -2.42. The van der Waals surface area contributed by atoms with Crippen LogP contribution in [0.2, 0.25) is 0 Å². The lowest BCUT2D eigenvalue weighted by molar-refractivity contribution is 0.370. The Balaban J connectivity index is 2.10. The van der Waals surface area contributed by atoms with Gasteiger partial charge in [-0.3, -0.25) is 0 Å². The van der Waals surface area contributed by atoms with Gasteiger partial charge in [0.05, 0.1) is 3.57 Å². The summed E-state index contributed by atoms with van der Waals surface area (Å²) in [7, 11) is 0. The van der Waals surface area contributed by atoms with Crippen LogP contribution in [0.25, 0.3) is 0 Å². The number of hydrogen-bond donors (Lipinski definition) is 1. The quantitative estimate of drug-likeness (QED) is 0.837. The van der Waals surface area contributed by atoms with Crippen molar-refractivity contribution < 1.29 is 0 Å². The van der Waals surface area contributed by atoms with Gasteiger partial charge in [-0.1, -0.05) is 0 Å². The minimum atomic E-state index is 0.468. The van der Waals surface area contributed by atoms with E-state index in [0.29, 0.717) is 6.04 Å². The molecule has 1 N–H and O–H groups in total. The van der Waals surface area contributed by atoms with Crippen LogP contribution < -0.4 is 10.2 Å². The highest BCUT2D eigenvalue weighted by atomic mass is 127. The van der Waals surface area contributed by atoms with Gasteiger partial charge in [-0.25, -0.2) is 9.97 Å². The van der Waals surface area contributed by atoms with Crippen molar-refractivity contribution in [1.29, 1.82) is 0 Å². The normalized spacial score (nSPS) is 20.1. The van der Waals surface area contributed by atoms with Gasteiger partial charge in [0.2, 0.25) is 0 Å². The fourth-order valence-electron chi connectivity index (χ4n) is 2.42. The maximum atomic E-state index is 4.45. The van der Waals surface area contributed by atoms with Gasteiger partial charge in [0.15, 0.2) is 0 Å². The van der Waals surface area contributed by atoms with Gasteiger partial charge in [0.1, 0.15) is 12.1 Å². The first kappa shape index (κ1) is 14.0. The van der Waals surface area contributed by atoms with E-state index >= 15 is 0 Å². The van der Waals surface area contributed by atoms with E-state index < -0.39 is 0 Å². The van der Waals surface area contributed by atoms with Crippen molar-refractivity contribution in [2.24, 2.45) is 5.92 Å². The van der Waals surface area contributed by atoms with Crippen molar-refractivity contribution in [3.8, 4) is 0 Å². The van der Waals surface area contributed by atoms with E-state index in [1.165, 1.54) is 19.4 Å². The first-order valence-electron chi connectivity index (χ1n) is 6.61. The molecule has 0 amide bonds. The van der Waals surface area contributed by atoms with Crippen LogP contribution in [0.15, 0.2) is 12.5 Å². The maximum absolute atomic E-state index is 4.45. The molecule has 2 rings (SSSR count). The van der Waals surface area contributed by atoms with E-state index in [2.05, 4.69) is 56.6 Å². The van der Waals surface area contributed by atoms with Gasteiger partial charge in [0.25, 0.3) is 0 Å². The molecule has 18 heavy (non-hydrogen) atoms. The van der Waals surface area contributed by atoms with E-state index in [1.807, 2.05) is 6.20 Å². The molecule has 1 aromatic heterocycles. The molecule has 0 spiro atoms. The van der Waals surface area contributed by atoms with E-state index in [4.69, 9.17) is 0 Å². The zero-order valence-corrected chi connectivity index (χ0v) is 13.2. The second-order valence-electron chi connectivity index (χ2n) is 5.15. The molecule has 5 heteroatoms. The smallest absolute Gasteiger partial charge is 0.145 e. The minimum absolute atomic E-state index is 0.468. The predicted octanol–water partition coefficient (Wildman–Crippen LogP) is 2.30. The Kier molecular flexibility index (Phi) is 5.17. The van der Waals surface area contributed by atoms with Crippen LogP contribution in [-0.2, 0) is 0 Å². The fourth-order valence-corrected chi connectivity index (χ4v) is 3.03. The molecular formula is C13H21IN4. The molecule has 0 saturated carbocycles. The summed E-state index contributed by atoms with van der Waals surface area (Å²) in [6.45, 7) is 7.84. The van der Waals surface area contributed by atoms with Gasteiger partial charge in [-0.05, 0) is 68.3 Å². The molecule has 1 fully saturated rings. The molecule has 2 heterocycles. The van der Waals surface area contributed by atoms with Crippen LogP contribution in [-0.4, -0.2) is 35.6 Å². The third-order valence-electron chi connectivity index (χ3n) is 3.40. The van der Waals surface area contributed by atoms with E-state index in [1.54, 1.807) is 6.33 Å². The maximum Gasteiger partial charge on any atom is 0.145 e. The minimum Gasteiger partial charge on any atom is -0.353 e. The van der Waals surface area contributed by atoms with Crippen LogP contribution in [0, 0.1) is 9.49 Å². The molecule has 0 radical (unpaired) electrons. The SMILES string of the molecule is CC(C)N(CC1CCCNC1)c1ncncc1I. The van der Waals surface area contributed by atoms with Gasteiger partial charge in [0, 0.05) is 18.8 Å². The number of hydrogen-bond acceptors (Lipinski definition) is 4. The zero-order chi connectivity index (χ0) is 13.0. The van der Waals surface area contributed by atoms with Crippen LogP contribution in [0.1, 0.15) is 26.7 Å². The number of anilines is 1. The second-order valence-corrected chi connectivity index (χ2v) is 6.31. The van der Waals surface area contributed by atoms with Crippen molar-refractivity contribution in [3.63, 3.8) is 0 Å². The topological polar surface area (TPSA) is 41.0 Å². The average Bonchev–Trinajstić information content (AvgIpc) is 2.38. The van der Waals surface area contributed by atoms with Crippen molar-refractivity contribution in [2.75, 3.05) is 24.5 Å². The lowest BCUT2D eigenvalue weighted by atomic mass is 9.98. The number of nitrogens with zero attached hydrogens (tertiary/aromatic N) is 3. The molecule has 0 aliphatic carbocycles. The number of piperidine rings is 1. The first-order chi connectivity index (χ1) is 8.68. The fraction of sp³-hybridized carbons (Fsp3) is 0.692. The van der Waals surface area contributed by atoms with E-state index in [9.17, 15) is 0 Å². The van der Waals surface area contributed by atoms with Crippen molar-refractivity contribution >= 4 is 28.4 Å². The van der Waals surface area contributed by atoms with Crippen LogP contribution >= 0.6 is 22.6 Å². The molecule has 1 aromatic rings. The third kappa shape index (κ3) is 3.54. The average molecular weight is 360 g/mol. The van der Waals surface area contributed by atoms with Gasteiger partial charge < -0.3 is 10.2 Å². The summed E-state index contributed by atoms with van der Waals surface area (Å²) in [6.07, 6.45) is 6.14. The number of nitrogens with one attached hydrogen (secondary N) is 1. The molecular weight excluding hydrogens is 339 g/mol. The van der Waals surface area contributed by atoms with Crippen LogP contribution in [0.3, 0.4) is 0 Å². The number of halogens is 1. The summed E-state index contributed by atoms with van der Waals surface area (Å²) in [5.74, 6) is 1.80. The largest absolute Gasteiger partial charge is 0.353 e. The molecule has 1 unspecified atom stereocenters. The highest BCUT2D eigenvalue weighted by Gasteiger charge is 2.21. The first-order valence-corrected chi connectivity index (χ1v) is 7.69. The highest BCUT2D eigenvalue weighted by Crippen LogP contribution is 2.23. The zero-order valence-electron chi connectivity index (χ0n) is 11.1. The van der Waals surface area contributed by atoms with Crippen LogP contribution in [0.4, 0.5) is 5.82 Å². The van der Waals surface area contributed by atoms with E-state index in [0.717, 1.165) is 28.4 Å². The Bertz CT molecular complexity index is 377. The Morgan fingerprint density at radius 3 is 3.00 bits per heavy atom. The van der Waals surface area contributed by atoms with Crippen molar-refractivity contribution in [2.45, 2.75) is 32.7 Å². The predicted molar refractivity (Wildman–Crippen MR) is 82.8 cm³/mol. The van der Waals surface area contributed by atoms with Gasteiger partial charge in [-0.15, -0.1) is 0 Å². The molecule has 1 aliphatic rings. The summed E-state index contributed by atoms with van der Waals surface area (Å²) < 4.78 is 1.13. The number of rotatable bonds is 4. The Morgan fingerprint density at radius 1 is 1.56 bits per heavy atom. The van der Waals surface area contributed by atoms with E-state index in [-0.39, 0.29) is 0 Å². The summed E-state index contributed by atoms with van der Waals surface area (Å²) in [5.41, 5.74) is 0. The molecule has 0 bridgehead atoms. The lowest BCUT2D eigenvalue weighted by Gasteiger charge is -2.34. The van der Waals surface area contributed by atoms with Crippen molar-refractivity contribution in [3.05, 3.63) is 16.1 Å². The van der Waals surface area contributed by atoms with Gasteiger partial charge >= 0.3 is 0 Å².